The molecule has 1 N–H and O–H groups in total. The first-order valence-electron chi connectivity index (χ1n) is 9.26. The SMILES string of the molecule is C[Si](C)(C)c1ccc(CNC23CC4CC(CC(C4)C2)C3)cc1. The molecule has 5 rings (SSSR count). The Bertz CT molecular complexity index is 505. The van der Waals surface area contributed by atoms with E-state index in [0.717, 1.165) is 24.3 Å². The molecule has 120 valence electrons. The minimum Gasteiger partial charge on any atom is -0.307 e. The third kappa shape index (κ3) is 2.80. The van der Waals surface area contributed by atoms with Gasteiger partial charge in [-0.3, -0.25) is 0 Å². The summed E-state index contributed by atoms with van der Waals surface area (Å²) in [6.45, 7) is 8.35. The topological polar surface area (TPSA) is 12.0 Å². The third-order valence-corrected chi connectivity index (χ3v) is 8.59. The molecule has 0 heterocycles. The summed E-state index contributed by atoms with van der Waals surface area (Å²) in [6, 6.07) is 9.48. The van der Waals surface area contributed by atoms with Crippen LogP contribution in [-0.4, -0.2) is 13.6 Å². The van der Waals surface area contributed by atoms with E-state index in [1.807, 2.05) is 0 Å². The number of rotatable bonds is 4. The van der Waals surface area contributed by atoms with Crippen molar-refractivity contribution in [2.24, 2.45) is 17.8 Å². The van der Waals surface area contributed by atoms with Crippen molar-refractivity contribution in [2.75, 3.05) is 0 Å². The van der Waals surface area contributed by atoms with Crippen LogP contribution < -0.4 is 10.5 Å². The fourth-order valence-electron chi connectivity index (χ4n) is 5.74. The highest BCUT2D eigenvalue weighted by atomic mass is 28.3. The Hall–Kier alpha value is -0.603. The summed E-state index contributed by atoms with van der Waals surface area (Å²) in [5.74, 6) is 3.11. The van der Waals surface area contributed by atoms with E-state index in [1.165, 1.54) is 44.1 Å². The highest BCUT2D eigenvalue weighted by molar-refractivity contribution is 6.88. The molecule has 4 aliphatic rings. The van der Waals surface area contributed by atoms with Gasteiger partial charge in [-0.05, 0) is 61.8 Å². The maximum atomic E-state index is 4.01. The minimum absolute atomic E-state index is 0.492. The largest absolute Gasteiger partial charge is 0.307 e. The fraction of sp³-hybridized carbons (Fsp3) is 0.700. The number of nitrogens with one attached hydrogen (secondary N) is 1. The van der Waals surface area contributed by atoms with Crippen molar-refractivity contribution < 1.29 is 0 Å². The number of hydrogen-bond acceptors (Lipinski definition) is 1. The van der Waals surface area contributed by atoms with Gasteiger partial charge in [-0.1, -0.05) is 49.1 Å². The van der Waals surface area contributed by atoms with Gasteiger partial charge in [-0.25, -0.2) is 0 Å². The summed E-state index contributed by atoms with van der Waals surface area (Å²) < 4.78 is 0. The second kappa shape index (κ2) is 5.21. The third-order valence-electron chi connectivity index (χ3n) is 6.53. The summed E-state index contributed by atoms with van der Waals surface area (Å²) in [4.78, 5) is 0. The van der Waals surface area contributed by atoms with Crippen molar-refractivity contribution in [3.05, 3.63) is 29.8 Å². The van der Waals surface area contributed by atoms with Gasteiger partial charge < -0.3 is 5.32 Å². The Morgan fingerprint density at radius 3 is 1.86 bits per heavy atom. The highest BCUT2D eigenvalue weighted by Gasteiger charge is 2.50. The van der Waals surface area contributed by atoms with Crippen molar-refractivity contribution in [3.8, 4) is 0 Å². The van der Waals surface area contributed by atoms with Gasteiger partial charge in [-0.2, -0.15) is 0 Å². The van der Waals surface area contributed by atoms with Crippen LogP contribution in [0, 0.1) is 17.8 Å². The van der Waals surface area contributed by atoms with E-state index in [4.69, 9.17) is 0 Å². The first kappa shape index (κ1) is 15.0. The molecule has 0 amide bonds. The molecule has 0 spiro atoms. The molecule has 22 heavy (non-hydrogen) atoms. The van der Waals surface area contributed by atoms with E-state index in [-0.39, 0.29) is 0 Å². The van der Waals surface area contributed by atoms with Gasteiger partial charge in [0.25, 0.3) is 0 Å². The Morgan fingerprint density at radius 2 is 1.41 bits per heavy atom. The second-order valence-corrected chi connectivity index (χ2v) is 14.6. The zero-order valence-corrected chi connectivity index (χ0v) is 15.5. The monoisotopic (exact) mass is 313 g/mol. The zero-order chi connectivity index (χ0) is 15.4. The molecule has 1 aromatic carbocycles. The Labute approximate surface area is 136 Å². The highest BCUT2D eigenvalue weighted by Crippen LogP contribution is 2.55. The van der Waals surface area contributed by atoms with E-state index in [0.29, 0.717) is 5.54 Å². The van der Waals surface area contributed by atoms with Gasteiger partial charge in [0.15, 0.2) is 0 Å². The van der Waals surface area contributed by atoms with E-state index < -0.39 is 8.07 Å². The lowest BCUT2D eigenvalue weighted by atomic mass is 9.53. The molecule has 0 aromatic heterocycles. The Morgan fingerprint density at radius 1 is 0.909 bits per heavy atom. The summed E-state index contributed by atoms with van der Waals surface area (Å²) in [6.07, 6.45) is 8.95. The molecule has 0 atom stereocenters. The number of benzene rings is 1. The lowest BCUT2D eigenvalue weighted by molar-refractivity contribution is -0.0206. The van der Waals surface area contributed by atoms with Crippen LogP contribution in [0.25, 0.3) is 0 Å². The molecule has 1 aromatic rings. The zero-order valence-electron chi connectivity index (χ0n) is 14.5. The molecular weight excluding hydrogens is 282 g/mol. The van der Waals surface area contributed by atoms with Gasteiger partial charge in [-0.15, -0.1) is 0 Å². The summed E-state index contributed by atoms with van der Waals surface area (Å²) >= 11 is 0. The molecule has 0 radical (unpaired) electrons. The van der Waals surface area contributed by atoms with Crippen LogP contribution in [0.1, 0.15) is 44.1 Å². The molecule has 4 aliphatic carbocycles. The van der Waals surface area contributed by atoms with Crippen LogP contribution in [0.15, 0.2) is 24.3 Å². The van der Waals surface area contributed by atoms with Gasteiger partial charge in [0.2, 0.25) is 0 Å². The summed E-state index contributed by atoms with van der Waals surface area (Å²) in [5, 5.41) is 5.59. The first-order chi connectivity index (χ1) is 10.4. The maximum Gasteiger partial charge on any atom is 0.0775 e. The molecule has 0 saturated heterocycles. The summed E-state index contributed by atoms with van der Waals surface area (Å²) in [5.41, 5.74) is 1.96. The fourth-order valence-corrected chi connectivity index (χ4v) is 6.91. The molecular formula is C20H31NSi. The van der Waals surface area contributed by atoms with Crippen LogP contribution in [0.3, 0.4) is 0 Å². The quantitative estimate of drug-likeness (QED) is 0.818. The smallest absolute Gasteiger partial charge is 0.0775 e. The lowest BCUT2D eigenvalue weighted by Crippen LogP contribution is -2.58. The van der Waals surface area contributed by atoms with Crippen molar-refractivity contribution in [1.82, 2.24) is 5.32 Å². The van der Waals surface area contributed by atoms with Crippen LogP contribution in [0.2, 0.25) is 19.6 Å². The van der Waals surface area contributed by atoms with E-state index >= 15 is 0 Å². The van der Waals surface area contributed by atoms with E-state index in [9.17, 15) is 0 Å². The van der Waals surface area contributed by atoms with Gasteiger partial charge >= 0.3 is 0 Å². The predicted molar refractivity (Wildman–Crippen MR) is 97.2 cm³/mol. The second-order valence-electron chi connectivity index (χ2n) is 9.50. The summed E-state index contributed by atoms with van der Waals surface area (Å²) in [7, 11) is -1.16. The average molecular weight is 314 g/mol. The molecule has 4 fully saturated rings. The van der Waals surface area contributed by atoms with Crippen molar-refractivity contribution in [1.29, 1.82) is 0 Å². The molecule has 4 saturated carbocycles. The van der Waals surface area contributed by atoms with E-state index in [2.05, 4.69) is 49.2 Å². The maximum absolute atomic E-state index is 4.01. The number of hydrogen-bond donors (Lipinski definition) is 1. The van der Waals surface area contributed by atoms with Crippen molar-refractivity contribution in [3.63, 3.8) is 0 Å². The van der Waals surface area contributed by atoms with Crippen LogP contribution in [-0.2, 0) is 6.54 Å². The predicted octanol–water partition coefficient (Wildman–Crippen LogP) is 4.29. The standard InChI is InChI=1S/C20H31NSi/c1-22(2,3)19-6-4-15(5-7-19)14-21-20-11-16-8-17(12-20)10-18(9-16)13-20/h4-7,16-18,21H,8-14H2,1-3H3. The minimum atomic E-state index is -1.16. The lowest BCUT2D eigenvalue weighted by Gasteiger charge is -2.57. The van der Waals surface area contributed by atoms with Crippen LogP contribution >= 0.6 is 0 Å². The van der Waals surface area contributed by atoms with E-state index in [1.54, 1.807) is 5.19 Å². The molecule has 4 bridgehead atoms. The Balaban J connectivity index is 1.42. The van der Waals surface area contributed by atoms with Gasteiger partial charge in [0.05, 0.1) is 8.07 Å². The van der Waals surface area contributed by atoms with Gasteiger partial charge in [0.1, 0.15) is 0 Å². The van der Waals surface area contributed by atoms with Crippen LogP contribution in [0.5, 0.6) is 0 Å². The Kier molecular flexibility index (Phi) is 3.54. The molecule has 2 heteroatoms. The van der Waals surface area contributed by atoms with Crippen LogP contribution in [0.4, 0.5) is 0 Å². The normalized spacial score (nSPS) is 36.8. The van der Waals surface area contributed by atoms with Crippen molar-refractivity contribution in [2.45, 2.75) is 70.2 Å². The van der Waals surface area contributed by atoms with Crippen molar-refractivity contribution >= 4 is 13.3 Å². The average Bonchev–Trinajstić information content (AvgIpc) is 2.43. The van der Waals surface area contributed by atoms with Gasteiger partial charge in [0, 0.05) is 12.1 Å². The molecule has 0 aliphatic heterocycles. The molecule has 0 unspecified atom stereocenters. The first-order valence-corrected chi connectivity index (χ1v) is 12.8. The molecule has 1 nitrogen and oxygen atoms in total.